The third-order valence-electron chi connectivity index (χ3n) is 5.49. The minimum absolute atomic E-state index is 0.121. The molecule has 2 aromatic carbocycles. The molecular formula is C25H24ClN3O5. The Labute approximate surface area is 202 Å². The zero-order chi connectivity index (χ0) is 24.2. The zero-order valence-electron chi connectivity index (χ0n) is 19.0. The van der Waals surface area contributed by atoms with Crippen LogP contribution in [-0.4, -0.2) is 42.0 Å². The van der Waals surface area contributed by atoms with Crippen LogP contribution in [0.3, 0.4) is 0 Å². The lowest BCUT2D eigenvalue weighted by Gasteiger charge is -2.24. The van der Waals surface area contributed by atoms with Crippen molar-refractivity contribution in [2.45, 2.75) is 26.1 Å². The fourth-order valence-electron chi connectivity index (χ4n) is 3.85. The minimum atomic E-state index is -0.674. The molecule has 1 N–H and O–H groups in total. The lowest BCUT2D eigenvalue weighted by Crippen LogP contribution is -2.37. The first-order chi connectivity index (χ1) is 16.4. The third-order valence-corrected chi connectivity index (χ3v) is 5.79. The predicted molar refractivity (Wildman–Crippen MR) is 128 cm³/mol. The van der Waals surface area contributed by atoms with E-state index in [1.807, 2.05) is 12.1 Å². The molecule has 176 valence electrons. The lowest BCUT2D eigenvalue weighted by molar-refractivity contribution is -0.138. The van der Waals surface area contributed by atoms with Gasteiger partial charge in [0.2, 0.25) is 0 Å². The van der Waals surface area contributed by atoms with Gasteiger partial charge in [0, 0.05) is 36.1 Å². The standard InChI is InChI=1S/C25H24ClN3O5/c1-15-25(31)29(13-16-6-4-8-21(32-2)22(16)33-3)14-17-12-18(9-10-20(17)34-15)28-24(30)19-7-5-11-27-23(19)26/h4-12,15H,13-14H2,1-3H3,(H,28,30)/t15-/m0/s1. The molecule has 2 heterocycles. The summed E-state index contributed by atoms with van der Waals surface area (Å²) in [5.74, 6) is 1.21. The molecule has 0 saturated carbocycles. The minimum Gasteiger partial charge on any atom is -0.493 e. The summed E-state index contributed by atoms with van der Waals surface area (Å²) in [5, 5.41) is 2.95. The molecule has 0 radical (unpaired) electrons. The number of hydrogen-bond donors (Lipinski definition) is 1. The normalized spacial score (nSPS) is 15.1. The van der Waals surface area contributed by atoms with Crippen molar-refractivity contribution in [3.63, 3.8) is 0 Å². The van der Waals surface area contributed by atoms with Gasteiger partial charge < -0.3 is 24.4 Å². The van der Waals surface area contributed by atoms with Crippen LogP contribution in [0.4, 0.5) is 5.69 Å². The lowest BCUT2D eigenvalue weighted by atomic mass is 10.1. The fraction of sp³-hybridized carbons (Fsp3) is 0.240. The van der Waals surface area contributed by atoms with Crippen molar-refractivity contribution in [3.05, 3.63) is 76.6 Å². The molecule has 0 bridgehead atoms. The Hall–Kier alpha value is -3.78. The van der Waals surface area contributed by atoms with E-state index in [9.17, 15) is 9.59 Å². The number of pyridine rings is 1. The van der Waals surface area contributed by atoms with Crippen molar-refractivity contribution in [3.8, 4) is 17.2 Å². The number of fused-ring (bicyclic) bond motifs is 1. The topological polar surface area (TPSA) is 90.0 Å². The van der Waals surface area contributed by atoms with Gasteiger partial charge in [0.1, 0.15) is 10.9 Å². The van der Waals surface area contributed by atoms with E-state index in [4.69, 9.17) is 25.8 Å². The number of rotatable bonds is 6. The molecule has 1 aromatic heterocycles. The highest BCUT2D eigenvalue weighted by Gasteiger charge is 2.29. The monoisotopic (exact) mass is 481 g/mol. The molecule has 4 rings (SSSR count). The molecule has 0 saturated heterocycles. The number of hydrogen-bond acceptors (Lipinski definition) is 6. The van der Waals surface area contributed by atoms with E-state index in [1.54, 1.807) is 62.4 Å². The summed E-state index contributed by atoms with van der Waals surface area (Å²) in [6.45, 7) is 2.30. The molecule has 0 unspecified atom stereocenters. The molecule has 2 amide bonds. The van der Waals surface area contributed by atoms with Crippen molar-refractivity contribution < 1.29 is 23.8 Å². The Morgan fingerprint density at radius 2 is 2.03 bits per heavy atom. The Kier molecular flexibility index (Phi) is 6.88. The second kappa shape index (κ2) is 10.0. The van der Waals surface area contributed by atoms with Crippen molar-refractivity contribution in [2.75, 3.05) is 19.5 Å². The van der Waals surface area contributed by atoms with E-state index in [0.29, 0.717) is 29.5 Å². The van der Waals surface area contributed by atoms with Crippen molar-refractivity contribution in [2.24, 2.45) is 0 Å². The summed E-state index contributed by atoms with van der Waals surface area (Å²) in [7, 11) is 3.13. The summed E-state index contributed by atoms with van der Waals surface area (Å²) < 4.78 is 16.8. The van der Waals surface area contributed by atoms with Crippen LogP contribution < -0.4 is 19.5 Å². The van der Waals surface area contributed by atoms with Gasteiger partial charge in [-0.25, -0.2) is 4.98 Å². The van der Waals surface area contributed by atoms with E-state index in [1.165, 1.54) is 6.20 Å². The summed E-state index contributed by atoms with van der Waals surface area (Å²) in [5.41, 5.74) is 2.38. The van der Waals surface area contributed by atoms with Gasteiger partial charge >= 0.3 is 0 Å². The summed E-state index contributed by atoms with van der Waals surface area (Å²) in [6, 6.07) is 14.0. The second-order valence-electron chi connectivity index (χ2n) is 7.73. The summed E-state index contributed by atoms with van der Waals surface area (Å²) in [4.78, 5) is 31.4. The van der Waals surface area contributed by atoms with E-state index in [0.717, 1.165) is 11.1 Å². The van der Waals surface area contributed by atoms with Gasteiger partial charge in [-0.3, -0.25) is 9.59 Å². The molecule has 1 aliphatic rings. The zero-order valence-corrected chi connectivity index (χ0v) is 19.8. The Morgan fingerprint density at radius 1 is 1.21 bits per heavy atom. The number of nitrogens with zero attached hydrogens (tertiary/aromatic N) is 2. The van der Waals surface area contributed by atoms with Crippen molar-refractivity contribution >= 4 is 29.1 Å². The van der Waals surface area contributed by atoms with Gasteiger partial charge in [-0.05, 0) is 43.3 Å². The first kappa shape index (κ1) is 23.4. The number of carbonyl (C=O) groups is 2. The average Bonchev–Trinajstić information content (AvgIpc) is 2.95. The molecule has 34 heavy (non-hydrogen) atoms. The average molecular weight is 482 g/mol. The van der Waals surface area contributed by atoms with Crippen LogP contribution >= 0.6 is 11.6 Å². The number of benzene rings is 2. The number of carbonyl (C=O) groups excluding carboxylic acids is 2. The number of anilines is 1. The van der Waals surface area contributed by atoms with E-state index in [2.05, 4.69) is 10.3 Å². The van der Waals surface area contributed by atoms with Gasteiger partial charge in [0.05, 0.1) is 19.8 Å². The number of para-hydroxylation sites is 1. The Morgan fingerprint density at radius 3 is 2.76 bits per heavy atom. The van der Waals surface area contributed by atoms with Crippen LogP contribution in [0.15, 0.2) is 54.7 Å². The highest BCUT2D eigenvalue weighted by atomic mass is 35.5. The summed E-state index contributed by atoms with van der Waals surface area (Å²) in [6.07, 6.45) is 0.843. The number of ether oxygens (including phenoxy) is 3. The van der Waals surface area contributed by atoms with Crippen LogP contribution in [0.25, 0.3) is 0 Å². The van der Waals surface area contributed by atoms with Crippen LogP contribution in [0, 0.1) is 0 Å². The van der Waals surface area contributed by atoms with Gasteiger partial charge in [0.15, 0.2) is 17.6 Å². The van der Waals surface area contributed by atoms with Gasteiger partial charge in [-0.2, -0.15) is 0 Å². The van der Waals surface area contributed by atoms with E-state index in [-0.39, 0.29) is 29.1 Å². The first-order valence-electron chi connectivity index (χ1n) is 10.6. The molecule has 0 spiro atoms. The number of nitrogens with one attached hydrogen (secondary N) is 1. The SMILES string of the molecule is COc1cccc(CN2Cc3cc(NC(=O)c4cccnc4Cl)ccc3O[C@@H](C)C2=O)c1OC. The maximum Gasteiger partial charge on any atom is 0.263 e. The second-order valence-corrected chi connectivity index (χ2v) is 8.08. The summed E-state index contributed by atoms with van der Waals surface area (Å²) >= 11 is 6.04. The van der Waals surface area contributed by atoms with Gasteiger partial charge in [-0.1, -0.05) is 23.7 Å². The third kappa shape index (κ3) is 4.77. The molecule has 0 aliphatic carbocycles. The molecule has 1 aliphatic heterocycles. The number of halogens is 1. The van der Waals surface area contributed by atoms with Crippen LogP contribution in [-0.2, 0) is 17.9 Å². The highest BCUT2D eigenvalue weighted by molar-refractivity contribution is 6.33. The van der Waals surface area contributed by atoms with Crippen LogP contribution in [0.2, 0.25) is 5.15 Å². The van der Waals surface area contributed by atoms with Crippen molar-refractivity contribution in [1.29, 1.82) is 0 Å². The molecule has 1 atom stereocenters. The molecule has 0 fully saturated rings. The molecular weight excluding hydrogens is 458 g/mol. The molecule has 8 nitrogen and oxygen atoms in total. The number of methoxy groups -OCH3 is 2. The quantitative estimate of drug-likeness (QED) is 0.527. The number of amides is 2. The maximum absolute atomic E-state index is 13.1. The van der Waals surface area contributed by atoms with Gasteiger partial charge in [-0.15, -0.1) is 0 Å². The number of aromatic nitrogens is 1. The Balaban J connectivity index is 1.61. The maximum atomic E-state index is 13.1. The van der Waals surface area contributed by atoms with Crippen LogP contribution in [0.5, 0.6) is 17.2 Å². The molecule has 3 aromatic rings. The van der Waals surface area contributed by atoms with Crippen molar-refractivity contribution in [1.82, 2.24) is 9.88 Å². The first-order valence-corrected chi connectivity index (χ1v) is 11.0. The molecule has 9 heteroatoms. The van der Waals surface area contributed by atoms with Gasteiger partial charge in [0.25, 0.3) is 11.8 Å². The van der Waals surface area contributed by atoms with E-state index < -0.39 is 6.10 Å². The van der Waals surface area contributed by atoms with Crippen LogP contribution in [0.1, 0.15) is 28.4 Å². The highest BCUT2D eigenvalue weighted by Crippen LogP contribution is 2.34. The largest absolute Gasteiger partial charge is 0.493 e. The fourth-order valence-corrected chi connectivity index (χ4v) is 4.05. The Bertz CT molecular complexity index is 1230. The smallest absolute Gasteiger partial charge is 0.263 e. The predicted octanol–water partition coefficient (Wildman–Crippen LogP) is 4.31. The van der Waals surface area contributed by atoms with E-state index >= 15 is 0 Å².